The number of nitrogens with one attached hydrogen (secondary N) is 1. The molecule has 1 heterocycles. The third kappa shape index (κ3) is 7.46. The zero-order valence-corrected chi connectivity index (χ0v) is 23.6. The second-order valence-electron chi connectivity index (χ2n) is 12.6. The van der Waals surface area contributed by atoms with E-state index in [4.69, 9.17) is 11.1 Å². The normalized spacial score (nSPS) is 22.3. The number of nitrogens with two attached hydrogens (primary N) is 1. The summed E-state index contributed by atoms with van der Waals surface area (Å²) in [6, 6.07) is 9.97. The van der Waals surface area contributed by atoms with Crippen molar-refractivity contribution in [3.8, 4) is 0 Å². The molecule has 3 aliphatic rings. The Balaban J connectivity index is 1.34. The minimum atomic E-state index is -0.871. The van der Waals surface area contributed by atoms with Crippen LogP contribution >= 0.6 is 0 Å². The van der Waals surface area contributed by atoms with Crippen LogP contribution in [0.4, 0.5) is 0 Å². The molecule has 2 amide bonds. The van der Waals surface area contributed by atoms with Gasteiger partial charge in [0.25, 0.3) is 0 Å². The van der Waals surface area contributed by atoms with E-state index >= 15 is 0 Å². The molecular weight excluding hydrogens is 472 g/mol. The molecule has 3 N–H and O–H groups in total. The summed E-state index contributed by atoms with van der Waals surface area (Å²) >= 11 is 0. The van der Waals surface area contributed by atoms with Gasteiger partial charge in [-0.2, -0.15) is 0 Å². The molecular formula is C32H50N4O2. The van der Waals surface area contributed by atoms with Crippen LogP contribution < -0.4 is 5.73 Å². The highest BCUT2D eigenvalue weighted by molar-refractivity contribution is 5.94. The fourth-order valence-corrected chi connectivity index (χ4v) is 7.33. The Morgan fingerprint density at radius 1 is 0.974 bits per heavy atom. The van der Waals surface area contributed by atoms with E-state index in [0.29, 0.717) is 24.3 Å². The van der Waals surface area contributed by atoms with Crippen LogP contribution in [0.25, 0.3) is 0 Å². The van der Waals surface area contributed by atoms with Gasteiger partial charge in [-0.05, 0) is 55.9 Å². The number of likely N-dealkylation sites (tertiary alicyclic amines) is 1. The fourth-order valence-electron chi connectivity index (χ4n) is 7.33. The summed E-state index contributed by atoms with van der Waals surface area (Å²) in [4.78, 5) is 30.6. The Hall–Kier alpha value is -2.21. The van der Waals surface area contributed by atoms with Crippen molar-refractivity contribution < 1.29 is 9.59 Å². The van der Waals surface area contributed by atoms with E-state index < -0.39 is 5.54 Å². The molecule has 2 unspecified atom stereocenters. The molecule has 0 bridgehead atoms. The smallest absolute Gasteiger partial charge is 0.247 e. The molecule has 6 nitrogen and oxygen atoms in total. The lowest BCUT2D eigenvalue weighted by atomic mass is 9.72. The lowest BCUT2D eigenvalue weighted by molar-refractivity contribution is -0.135. The zero-order valence-electron chi connectivity index (χ0n) is 23.6. The van der Waals surface area contributed by atoms with Gasteiger partial charge in [-0.3, -0.25) is 15.0 Å². The van der Waals surface area contributed by atoms with E-state index in [2.05, 4.69) is 0 Å². The standard InChI is InChI=1S/C32H50N4O2/c1-25(29-15-9-4-10-16-29)30(37)35-19-17-28(23-35)18-20-36(24-33)31(38)32(34,21-26-11-5-2-6-12-26)22-27-13-7-3-8-14-27/h4,9-10,15-16,24-28,33H,2-3,5-8,11-14,17-23,34H2,1H3. The van der Waals surface area contributed by atoms with Gasteiger partial charge < -0.3 is 15.5 Å². The van der Waals surface area contributed by atoms with Crippen LogP contribution in [0.2, 0.25) is 0 Å². The Bertz CT molecular complexity index is 887. The number of benzene rings is 1. The van der Waals surface area contributed by atoms with Gasteiger partial charge in [-0.15, -0.1) is 0 Å². The van der Waals surface area contributed by atoms with E-state index in [1.807, 2.05) is 42.2 Å². The van der Waals surface area contributed by atoms with Crippen molar-refractivity contribution in [2.45, 2.75) is 108 Å². The Labute approximate surface area is 230 Å². The summed E-state index contributed by atoms with van der Waals surface area (Å²) < 4.78 is 0. The molecule has 210 valence electrons. The monoisotopic (exact) mass is 522 g/mol. The average Bonchev–Trinajstić information content (AvgIpc) is 3.43. The molecule has 6 heteroatoms. The molecule has 38 heavy (non-hydrogen) atoms. The minimum Gasteiger partial charge on any atom is -0.342 e. The van der Waals surface area contributed by atoms with Crippen LogP contribution in [-0.2, 0) is 9.59 Å². The van der Waals surface area contributed by atoms with Gasteiger partial charge in [-0.1, -0.05) is 94.5 Å². The van der Waals surface area contributed by atoms with Crippen molar-refractivity contribution in [2.75, 3.05) is 19.6 Å². The van der Waals surface area contributed by atoms with Gasteiger partial charge in [-0.25, -0.2) is 0 Å². The molecule has 2 aliphatic carbocycles. The van der Waals surface area contributed by atoms with Crippen LogP contribution in [0.15, 0.2) is 30.3 Å². The molecule has 0 aromatic heterocycles. The maximum absolute atomic E-state index is 14.0. The predicted molar refractivity (Wildman–Crippen MR) is 154 cm³/mol. The van der Waals surface area contributed by atoms with Crippen molar-refractivity contribution in [1.29, 1.82) is 5.41 Å². The number of carbonyl (C=O) groups excluding carboxylic acids is 2. The number of hydrogen-bond acceptors (Lipinski definition) is 4. The van der Waals surface area contributed by atoms with Crippen LogP contribution in [-0.4, -0.2) is 53.1 Å². The molecule has 2 atom stereocenters. The number of carbonyl (C=O) groups is 2. The highest BCUT2D eigenvalue weighted by Gasteiger charge is 2.41. The first-order valence-electron chi connectivity index (χ1n) is 15.3. The number of nitrogens with zero attached hydrogens (tertiary/aromatic N) is 2. The SMILES string of the molecule is CC(C(=O)N1CCC(CCN(C=N)C(=O)C(N)(CC2CCCCC2)CC2CCCCC2)C1)c1ccccc1. The summed E-state index contributed by atoms with van der Waals surface area (Å²) in [5.41, 5.74) is 7.25. The van der Waals surface area contributed by atoms with Crippen molar-refractivity contribution in [2.24, 2.45) is 23.5 Å². The summed E-state index contributed by atoms with van der Waals surface area (Å²) in [6.45, 7) is 3.99. The van der Waals surface area contributed by atoms with Crippen LogP contribution in [0.5, 0.6) is 0 Å². The molecule has 1 aromatic rings. The van der Waals surface area contributed by atoms with Crippen molar-refractivity contribution in [1.82, 2.24) is 9.80 Å². The van der Waals surface area contributed by atoms with E-state index in [9.17, 15) is 9.59 Å². The van der Waals surface area contributed by atoms with Gasteiger partial charge in [0.1, 0.15) is 0 Å². The van der Waals surface area contributed by atoms with Gasteiger partial charge >= 0.3 is 0 Å². The summed E-state index contributed by atoms with van der Waals surface area (Å²) in [7, 11) is 0. The maximum atomic E-state index is 14.0. The first kappa shape index (κ1) is 28.8. The number of hydrogen-bond donors (Lipinski definition) is 2. The number of amides is 2. The van der Waals surface area contributed by atoms with Crippen molar-refractivity contribution in [3.05, 3.63) is 35.9 Å². The summed E-state index contributed by atoms with van der Waals surface area (Å²) in [5.74, 6) is 1.38. The van der Waals surface area contributed by atoms with E-state index in [1.165, 1.54) is 70.5 Å². The van der Waals surface area contributed by atoms with E-state index in [-0.39, 0.29) is 17.7 Å². The molecule has 2 saturated carbocycles. The highest BCUT2D eigenvalue weighted by atomic mass is 16.2. The lowest BCUT2D eigenvalue weighted by Crippen LogP contribution is -2.57. The minimum absolute atomic E-state index is 0.0488. The van der Waals surface area contributed by atoms with Gasteiger partial charge in [0.2, 0.25) is 11.8 Å². The predicted octanol–water partition coefficient (Wildman–Crippen LogP) is 6.10. The molecule has 0 radical (unpaired) electrons. The van der Waals surface area contributed by atoms with Gasteiger partial charge in [0.15, 0.2) is 0 Å². The lowest BCUT2D eigenvalue weighted by Gasteiger charge is -2.39. The van der Waals surface area contributed by atoms with Gasteiger partial charge in [0.05, 0.1) is 17.8 Å². The molecule has 0 spiro atoms. The average molecular weight is 523 g/mol. The molecule has 3 fully saturated rings. The van der Waals surface area contributed by atoms with Crippen molar-refractivity contribution >= 4 is 18.2 Å². The van der Waals surface area contributed by atoms with Crippen LogP contribution in [0.1, 0.15) is 108 Å². The Morgan fingerprint density at radius 2 is 1.55 bits per heavy atom. The van der Waals surface area contributed by atoms with Crippen LogP contribution in [0, 0.1) is 23.2 Å². The summed E-state index contributed by atoms with van der Waals surface area (Å²) in [5, 5.41) is 8.10. The maximum Gasteiger partial charge on any atom is 0.247 e. The van der Waals surface area contributed by atoms with Gasteiger partial charge in [0, 0.05) is 19.6 Å². The Kier molecular flexibility index (Phi) is 10.4. The first-order valence-corrected chi connectivity index (χ1v) is 15.3. The third-order valence-electron chi connectivity index (χ3n) is 9.64. The second kappa shape index (κ2) is 13.7. The van der Waals surface area contributed by atoms with Crippen molar-refractivity contribution in [3.63, 3.8) is 0 Å². The third-order valence-corrected chi connectivity index (χ3v) is 9.64. The molecule has 1 aromatic carbocycles. The summed E-state index contributed by atoms with van der Waals surface area (Å²) in [6.07, 6.45) is 16.7. The van der Waals surface area contributed by atoms with Crippen LogP contribution in [0.3, 0.4) is 0 Å². The largest absolute Gasteiger partial charge is 0.342 e. The van der Waals surface area contributed by atoms with E-state index in [0.717, 1.165) is 44.3 Å². The highest BCUT2D eigenvalue weighted by Crippen LogP contribution is 2.37. The first-order chi connectivity index (χ1) is 18.4. The topological polar surface area (TPSA) is 90.5 Å². The molecule has 1 aliphatic heterocycles. The quantitative estimate of drug-likeness (QED) is 0.272. The molecule has 4 rings (SSSR count). The number of rotatable bonds is 11. The molecule has 1 saturated heterocycles. The zero-order chi connectivity index (χ0) is 27.0. The second-order valence-corrected chi connectivity index (χ2v) is 12.6. The fraction of sp³-hybridized carbons (Fsp3) is 0.719. The van der Waals surface area contributed by atoms with E-state index in [1.54, 1.807) is 4.90 Å². The Morgan fingerprint density at radius 3 is 2.11 bits per heavy atom.